The molecule has 1 heterocycles. The van der Waals surface area contributed by atoms with Crippen LogP contribution in [0.1, 0.15) is 51.9 Å². The molecule has 1 aliphatic carbocycles. The zero-order chi connectivity index (χ0) is 10.7. The highest BCUT2D eigenvalue weighted by atomic mass is 15.2. The van der Waals surface area contributed by atoms with E-state index in [1.165, 1.54) is 44.2 Å². The summed E-state index contributed by atoms with van der Waals surface area (Å²) in [7, 11) is 0. The maximum atomic E-state index is 5.74. The standard InChI is InChI=1S/C12H21N3/c1-9-8-11(14-15-12(9)13)10-6-4-2-3-5-7-10/h9-10H,2-8H2,1H3,(H2,13,15). The third-order valence-corrected chi connectivity index (χ3v) is 3.64. The molecule has 1 unspecified atom stereocenters. The fourth-order valence-corrected chi connectivity index (χ4v) is 2.54. The fraction of sp³-hybridized carbons (Fsp3) is 0.833. The lowest BCUT2D eigenvalue weighted by Crippen LogP contribution is -2.29. The minimum Gasteiger partial charge on any atom is -0.385 e. The molecule has 84 valence electrons. The molecule has 0 aromatic carbocycles. The van der Waals surface area contributed by atoms with E-state index in [2.05, 4.69) is 17.1 Å². The molecule has 1 aliphatic heterocycles. The molecular formula is C12H21N3. The van der Waals surface area contributed by atoms with Crippen molar-refractivity contribution in [1.29, 1.82) is 0 Å². The van der Waals surface area contributed by atoms with E-state index in [1.54, 1.807) is 0 Å². The molecule has 0 amide bonds. The molecule has 15 heavy (non-hydrogen) atoms. The first-order valence-electron chi connectivity index (χ1n) is 6.17. The summed E-state index contributed by atoms with van der Waals surface area (Å²) in [6.07, 6.45) is 9.14. The molecule has 2 rings (SSSR count). The highest BCUT2D eigenvalue weighted by Crippen LogP contribution is 2.27. The second-order valence-electron chi connectivity index (χ2n) is 4.91. The first-order chi connectivity index (χ1) is 7.27. The third-order valence-electron chi connectivity index (χ3n) is 3.64. The first kappa shape index (κ1) is 10.7. The van der Waals surface area contributed by atoms with Crippen molar-refractivity contribution < 1.29 is 0 Å². The Hall–Kier alpha value is -0.860. The van der Waals surface area contributed by atoms with Gasteiger partial charge in [0.2, 0.25) is 0 Å². The van der Waals surface area contributed by atoms with Crippen LogP contribution in [0.5, 0.6) is 0 Å². The summed E-state index contributed by atoms with van der Waals surface area (Å²) in [5.74, 6) is 1.78. The van der Waals surface area contributed by atoms with Crippen molar-refractivity contribution in [3.8, 4) is 0 Å². The van der Waals surface area contributed by atoms with Crippen molar-refractivity contribution in [3.63, 3.8) is 0 Å². The average molecular weight is 207 g/mol. The van der Waals surface area contributed by atoms with Gasteiger partial charge in [0.05, 0.1) is 0 Å². The lowest BCUT2D eigenvalue weighted by molar-refractivity contribution is 0.567. The van der Waals surface area contributed by atoms with Gasteiger partial charge in [-0.3, -0.25) is 0 Å². The molecule has 1 saturated carbocycles. The summed E-state index contributed by atoms with van der Waals surface area (Å²) in [4.78, 5) is 0. The Kier molecular flexibility index (Phi) is 3.39. The highest BCUT2D eigenvalue weighted by molar-refractivity contribution is 5.95. The van der Waals surface area contributed by atoms with Crippen molar-refractivity contribution in [2.24, 2.45) is 27.8 Å². The number of hydrogen-bond donors (Lipinski definition) is 1. The van der Waals surface area contributed by atoms with Crippen LogP contribution in [0.3, 0.4) is 0 Å². The lowest BCUT2D eigenvalue weighted by atomic mass is 9.88. The van der Waals surface area contributed by atoms with E-state index in [1.807, 2.05) is 0 Å². The molecule has 3 heteroatoms. The molecule has 0 saturated heterocycles. The summed E-state index contributed by atoms with van der Waals surface area (Å²) in [5, 5.41) is 8.39. The maximum Gasteiger partial charge on any atom is 0.125 e. The van der Waals surface area contributed by atoms with Crippen LogP contribution in [0.15, 0.2) is 10.2 Å². The molecular weight excluding hydrogens is 186 g/mol. The summed E-state index contributed by atoms with van der Waals surface area (Å²) in [6, 6.07) is 0. The largest absolute Gasteiger partial charge is 0.385 e. The second-order valence-corrected chi connectivity index (χ2v) is 4.91. The Morgan fingerprint density at radius 1 is 1.07 bits per heavy atom. The van der Waals surface area contributed by atoms with Crippen LogP contribution in [0.2, 0.25) is 0 Å². The van der Waals surface area contributed by atoms with Gasteiger partial charge in [0.1, 0.15) is 5.84 Å². The number of rotatable bonds is 1. The van der Waals surface area contributed by atoms with Crippen molar-refractivity contribution in [2.75, 3.05) is 0 Å². The van der Waals surface area contributed by atoms with E-state index >= 15 is 0 Å². The molecule has 2 aliphatic rings. The number of hydrogen-bond acceptors (Lipinski definition) is 3. The molecule has 2 N–H and O–H groups in total. The summed E-state index contributed by atoms with van der Waals surface area (Å²) in [6.45, 7) is 2.14. The van der Waals surface area contributed by atoms with E-state index in [0.717, 1.165) is 6.42 Å². The van der Waals surface area contributed by atoms with Crippen molar-refractivity contribution in [2.45, 2.75) is 51.9 Å². The number of nitrogens with two attached hydrogens (primary N) is 1. The van der Waals surface area contributed by atoms with Crippen LogP contribution in [0.25, 0.3) is 0 Å². The summed E-state index contributed by atoms with van der Waals surface area (Å²) in [5.41, 5.74) is 7.05. The maximum absolute atomic E-state index is 5.74. The first-order valence-corrected chi connectivity index (χ1v) is 6.17. The van der Waals surface area contributed by atoms with E-state index in [-0.39, 0.29) is 0 Å². The molecule has 0 aromatic heterocycles. The van der Waals surface area contributed by atoms with E-state index in [9.17, 15) is 0 Å². The van der Waals surface area contributed by atoms with Crippen LogP contribution in [0.4, 0.5) is 0 Å². The Morgan fingerprint density at radius 2 is 1.73 bits per heavy atom. The zero-order valence-electron chi connectivity index (χ0n) is 9.58. The van der Waals surface area contributed by atoms with Gasteiger partial charge in [-0.1, -0.05) is 32.6 Å². The van der Waals surface area contributed by atoms with Gasteiger partial charge in [-0.05, 0) is 25.2 Å². The molecule has 0 spiro atoms. The number of amidine groups is 1. The third kappa shape index (κ3) is 2.58. The minimum atomic E-state index is 0.390. The summed E-state index contributed by atoms with van der Waals surface area (Å²) < 4.78 is 0. The van der Waals surface area contributed by atoms with Crippen molar-refractivity contribution >= 4 is 11.5 Å². The van der Waals surface area contributed by atoms with Gasteiger partial charge in [-0.15, -0.1) is 5.10 Å². The Morgan fingerprint density at radius 3 is 2.33 bits per heavy atom. The Bertz CT molecular complexity index is 273. The van der Waals surface area contributed by atoms with Gasteiger partial charge in [-0.2, -0.15) is 5.10 Å². The van der Waals surface area contributed by atoms with Crippen molar-refractivity contribution in [1.82, 2.24) is 0 Å². The van der Waals surface area contributed by atoms with Crippen LogP contribution < -0.4 is 5.73 Å². The topological polar surface area (TPSA) is 50.7 Å². The van der Waals surface area contributed by atoms with Gasteiger partial charge < -0.3 is 5.73 Å². The minimum absolute atomic E-state index is 0.390. The predicted molar refractivity (Wildman–Crippen MR) is 64.0 cm³/mol. The van der Waals surface area contributed by atoms with Gasteiger partial charge in [0, 0.05) is 11.6 Å². The Balaban J connectivity index is 2.03. The van der Waals surface area contributed by atoms with Crippen molar-refractivity contribution in [3.05, 3.63) is 0 Å². The zero-order valence-corrected chi connectivity index (χ0v) is 9.58. The lowest BCUT2D eigenvalue weighted by Gasteiger charge is -2.22. The van der Waals surface area contributed by atoms with Gasteiger partial charge in [-0.25, -0.2) is 0 Å². The SMILES string of the molecule is CC1CC(C2CCCCCC2)=NN=C1N. The number of nitrogens with zero attached hydrogens (tertiary/aromatic N) is 2. The van der Waals surface area contributed by atoms with Crippen LogP contribution >= 0.6 is 0 Å². The van der Waals surface area contributed by atoms with Crippen LogP contribution in [-0.2, 0) is 0 Å². The molecule has 1 atom stereocenters. The van der Waals surface area contributed by atoms with Crippen LogP contribution in [-0.4, -0.2) is 11.5 Å². The molecule has 0 radical (unpaired) electrons. The monoisotopic (exact) mass is 207 g/mol. The quantitative estimate of drug-likeness (QED) is 0.660. The molecule has 0 aromatic rings. The molecule has 3 nitrogen and oxygen atoms in total. The fourth-order valence-electron chi connectivity index (χ4n) is 2.54. The van der Waals surface area contributed by atoms with E-state index in [4.69, 9.17) is 5.73 Å². The van der Waals surface area contributed by atoms with Gasteiger partial charge >= 0.3 is 0 Å². The normalized spacial score (nSPS) is 29.3. The van der Waals surface area contributed by atoms with Crippen LogP contribution in [0, 0.1) is 11.8 Å². The predicted octanol–water partition coefficient (Wildman–Crippen LogP) is 2.71. The van der Waals surface area contributed by atoms with E-state index < -0.39 is 0 Å². The van der Waals surface area contributed by atoms with Gasteiger partial charge in [0.25, 0.3) is 0 Å². The second kappa shape index (κ2) is 4.77. The average Bonchev–Trinajstić information content (AvgIpc) is 2.50. The van der Waals surface area contributed by atoms with E-state index in [0.29, 0.717) is 17.7 Å². The van der Waals surface area contributed by atoms with Gasteiger partial charge in [0.15, 0.2) is 0 Å². The Labute approximate surface area is 91.8 Å². The smallest absolute Gasteiger partial charge is 0.125 e. The highest BCUT2D eigenvalue weighted by Gasteiger charge is 2.23. The molecule has 1 fully saturated rings. The molecule has 0 bridgehead atoms. The summed E-state index contributed by atoms with van der Waals surface area (Å²) >= 11 is 0.